The van der Waals surface area contributed by atoms with Crippen LogP contribution in [0.3, 0.4) is 0 Å². The zero-order valence-corrected chi connectivity index (χ0v) is 10.1. The molecule has 1 aromatic heterocycles. The Morgan fingerprint density at radius 2 is 2.00 bits per heavy atom. The Morgan fingerprint density at radius 3 is 2.60 bits per heavy atom. The minimum absolute atomic E-state index is 0.457. The summed E-state index contributed by atoms with van der Waals surface area (Å²) >= 11 is 1.84. The molecule has 0 saturated carbocycles. The highest BCUT2D eigenvalue weighted by Crippen LogP contribution is 2.27. The first-order valence-electron chi connectivity index (χ1n) is 5.72. The van der Waals surface area contributed by atoms with E-state index in [1.165, 1.54) is 9.75 Å². The number of aryl methyl sites for hydroxylation is 1. The van der Waals surface area contributed by atoms with E-state index in [2.05, 4.69) is 24.4 Å². The quantitative estimate of drug-likeness (QED) is 0.824. The van der Waals surface area contributed by atoms with Gasteiger partial charge < -0.3 is 10.4 Å². The molecule has 0 amide bonds. The molecule has 3 heteroatoms. The monoisotopic (exact) mass is 225 g/mol. The summed E-state index contributed by atoms with van der Waals surface area (Å²) in [5, 5.41) is 13.7. The van der Waals surface area contributed by atoms with E-state index in [-0.39, 0.29) is 0 Å². The molecule has 0 unspecified atom stereocenters. The van der Waals surface area contributed by atoms with Crippen LogP contribution in [0.15, 0.2) is 12.1 Å². The number of thiophene rings is 1. The molecule has 0 radical (unpaired) electrons. The Morgan fingerprint density at radius 1 is 1.33 bits per heavy atom. The number of nitrogens with one attached hydrogen (secondary N) is 1. The molecule has 1 aliphatic rings. The lowest BCUT2D eigenvalue weighted by molar-refractivity contribution is 0.0116. The molecule has 2 heterocycles. The highest BCUT2D eigenvalue weighted by molar-refractivity contribution is 7.12. The second-order valence-electron chi connectivity index (χ2n) is 4.37. The molecular weight excluding hydrogens is 206 g/mol. The molecule has 0 aromatic carbocycles. The van der Waals surface area contributed by atoms with Gasteiger partial charge in [0.1, 0.15) is 0 Å². The van der Waals surface area contributed by atoms with Crippen LogP contribution >= 0.6 is 11.3 Å². The number of aliphatic hydroxyl groups is 1. The maximum atomic E-state index is 10.4. The molecule has 1 fully saturated rings. The number of hydrogen-bond acceptors (Lipinski definition) is 3. The summed E-state index contributed by atoms with van der Waals surface area (Å²) in [5.41, 5.74) is -0.457. The van der Waals surface area contributed by atoms with Gasteiger partial charge >= 0.3 is 0 Å². The van der Waals surface area contributed by atoms with Crippen LogP contribution < -0.4 is 5.32 Å². The maximum Gasteiger partial charge on any atom is 0.0720 e. The molecule has 15 heavy (non-hydrogen) atoms. The molecular formula is C12H19NOS. The van der Waals surface area contributed by atoms with Crippen LogP contribution in [0, 0.1) is 0 Å². The fraction of sp³-hybridized carbons (Fsp3) is 0.667. The van der Waals surface area contributed by atoms with E-state index in [9.17, 15) is 5.11 Å². The van der Waals surface area contributed by atoms with Crippen molar-refractivity contribution >= 4 is 11.3 Å². The van der Waals surface area contributed by atoms with Gasteiger partial charge in [0, 0.05) is 16.2 Å². The molecule has 0 bridgehead atoms. The van der Waals surface area contributed by atoms with Gasteiger partial charge in [-0.2, -0.15) is 0 Å². The summed E-state index contributed by atoms with van der Waals surface area (Å²) in [6.45, 7) is 4.07. The van der Waals surface area contributed by atoms with Gasteiger partial charge in [-0.1, -0.05) is 6.92 Å². The molecule has 1 aliphatic heterocycles. The second-order valence-corrected chi connectivity index (χ2v) is 5.63. The molecule has 2 nitrogen and oxygen atoms in total. The Bertz CT molecular complexity index is 315. The molecule has 2 N–H and O–H groups in total. The van der Waals surface area contributed by atoms with Crippen LogP contribution in [0.4, 0.5) is 0 Å². The van der Waals surface area contributed by atoms with Crippen molar-refractivity contribution in [1.82, 2.24) is 5.32 Å². The van der Waals surface area contributed by atoms with Crippen molar-refractivity contribution in [2.75, 3.05) is 13.1 Å². The predicted octanol–water partition coefficient (Wildman–Crippen LogP) is 1.97. The molecule has 1 saturated heterocycles. The first kappa shape index (κ1) is 11.1. The highest BCUT2D eigenvalue weighted by Gasteiger charge is 2.29. The predicted molar refractivity (Wildman–Crippen MR) is 64.5 cm³/mol. The number of piperidine rings is 1. The number of rotatable bonds is 3. The van der Waals surface area contributed by atoms with Crippen LogP contribution in [0.1, 0.15) is 29.5 Å². The van der Waals surface area contributed by atoms with Crippen LogP contribution in [-0.2, 0) is 12.8 Å². The van der Waals surface area contributed by atoms with Crippen molar-refractivity contribution in [3.05, 3.63) is 21.9 Å². The van der Waals surface area contributed by atoms with Crippen LogP contribution in [0.25, 0.3) is 0 Å². The normalized spacial score (nSPS) is 20.4. The van der Waals surface area contributed by atoms with Gasteiger partial charge in [-0.3, -0.25) is 0 Å². The zero-order chi connectivity index (χ0) is 10.7. The molecule has 84 valence electrons. The van der Waals surface area contributed by atoms with E-state index >= 15 is 0 Å². The van der Waals surface area contributed by atoms with E-state index < -0.39 is 5.60 Å². The van der Waals surface area contributed by atoms with Gasteiger partial charge in [0.2, 0.25) is 0 Å². The lowest BCUT2D eigenvalue weighted by atomic mass is 9.88. The Labute approximate surface area is 95.3 Å². The van der Waals surface area contributed by atoms with Crippen LogP contribution in [-0.4, -0.2) is 23.8 Å². The average Bonchev–Trinajstić information content (AvgIpc) is 2.66. The van der Waals surface area contributed by atoms with Crippen molar-refractivity contribution in [1.29, 1.82) is 0 Å². The first-order valence-corrected chi connectivity index (χ1v) is 6.54. The van der Waals surface area contributed by atoms with Crippen molar-refractivity contribution in [2.24, 2.45) is 0 Å². The van der Waals surface area contributed by atoms with Gasteiger partial charge in [-0.15, -0.1) is 11.3 Å². The average molecular weight is 225 g/mol. The van der Waals surface area contributed by atoms with E-state index in [0.717, 1.165) is 38.8 Å². The van der Waals surface area contributed by atoms with E-state index in [1.54, 1.807) is 0 Å². The second kappa shape index (κ2) is 4.64. The van der Waals surface area contributed by atoms with Gasteiger partial charge in [0.15, 0.2) is 0 Å². The smallest absolute Gasteiger partial charge is 0.0720 e. The van der Waals surface area contributed by atoms with Crippen molar-refractivity contribution in [2.45, 2.75) is 38.2 Å². The van der Waals surface area contributed by atoms with Crippen LogP contribution in [0.2, 0.25) is 0 Å². The molecule has 0 atom stereocenters. The number of hydrogen-bond donors (Lipinski definition) is 2. The van der Waals surface area contributed by atoms with Gasteiger partial charge in [0.05, 0.1) is 5.60 Å². The van der Waals surface area contributed by atoms with E-state index in [4.69, 9.17) is 0 Å². The van der Waals surface area contributed by atoms with Gasteiger partial charge in [-0.05, 0) is 44.5 Å². The summed E-state index contributed by atoms with van der Waals surface area (Å²) in [6, 6.07) is 4.36. The van der Waals surface area contributed by atoms with Crippen molar-refractivity contribution in [3.63, 3.8) is 0 Å². The SMILES string of the molecule is CCc1ccc(CC2(O)CCNCC2)s1. The van der Waals surface area contributed by atoms with Gasteiger partial charge in [-0.25, -0.2) is 0 Å². The fourth-order valence-electron chi connectivity index (χ4n) is 2.10. The third-order valence-corrected chi connectivity index (χ3v) is 4.33. The molecule has 0 aliphatic carbocycles. The fourth-order valence-corrected chi connectivity index (χ4v) is 3.19. The minimum atomic E-state index is -0.457. The topological polar surface area (TPSA) is 32.3 Å². The summed E-state index contributed by atoms with van der Waals surface area (Å²) in [6.07, 6.45) is 3.70. The summed E-state index contributed by atoms with van der Waals surface area (Å²) in [7, 11) is 0. The van der Waals surface area contributed by atoms with Crippen molar-refractivity contribution in [3.8, 4) is 0 Å². The first-order chi connectivity index (χ1) is 7.22. The Balaban J connectivity index is 2.00. The summed E-state index contributed by atoms with van der Waals surface area (Å²) in [5.74, 6) is 0. The Kier molecular flexibility index (Phi) is 3.44. The highest BCUT2D eigenvalue weighted by atomic mass is 32.1. The standard InChI is InChI=1S/C12H19NOS/c1-2-10-3-4-11(15-10)9-12(14)5-7-13-8-6-12/h3-4,13-14H,2,5-9H2,1H3. The van der Waals surface area contributed by atoms with E-state index in [0.29, 0.717) is 0 Å². The largest absolute Gasteiger partial charge is 0.389 e. The lowest BCUT2D eigenvalue weighted by Gasteiger charge is -2.32. The molecule has 0 spiro atoms. The van der Waals surface area contributed by atoms with Crippen LogP contribution in [0.5, 0.6) is 0 Å². The third-order valence-electron chi connectivity index (χ3n) is 3.10. The molecule has 1 aromatic rings. The van der Waals surface area contributed by atoms with E-state index in [1.807, 2.05) is 11.3 Å². The summed E-state index contributed by atoms with van der Waals surface area (Å²) in [4.78, 5) is 2.75. The van der Waals surface area contributed by atoms with Gasteiger partial charge in [0.25, 0.3) is 0 Å². The lowest BCUT2D eigenvalue weighted by Crippen LogP contribution is -2.43. The summed E-state index contributed by atoms with van der Waals surface area (Å²) < 4.78 is 0. The Hall–Kier alpha value is -0.380. The molecule has 2 rings (SSSR count). The van der Waals surface area contributed by atoms with Crippen molar-refractivity contribution < 1.29 is 5.11 Å². The zero-order valence-electron chi connectivity index (χ0n) is 9.25. The maximum absolute atomic E-state index is 10.4. The minimum Gasteiger partial charge on any atom is -0.389 e. The third kappa shape index (κ3) is 2.80.